The topological polar surface area (TPSA) is 166 Å². The molecular weight excluding hydrogens is 412 g/mol. The van der Waals surface area contributed by atoms with Crippen LogP contribution in [-0.4, -0.2) is 40.9 Å². The number of aliphatic carboxylic acids is 1. The van der Waals surface area contributed by atoms with Crippen LogP contribution in [0.3, 0.4) is 0 Å². The molecule has 2 rings (SSSR count). The highest BCUT2D eigenvalue weighted by molar-refractivity contribution is 6.32. The van der Waals surface area contributed by atoms with Crippen LogP contribution in [-0.2, 0) is 4.79 Å². The first-order valence-electron chi connectivity index (χ1n) is 7.67. The summed E-state index contributed by atoms with van der Waals surface area (Å²) in [5.74, 6) is -1.00. The Labute approximate surface area is 167 Å². The largest absolute Gasteiger partial charge is 0.493 e. The number of nitrogens with one attached hydrogen (secondary N) is 1. The molecular formula is C16H13ClN4O8. The molecule has 0 unspecified atom stereocenters. The molecule has 2 aromatic rings. The maximum atomic E-state index is 11.1. The molecule has 13 heteroatoms. The molecule has 0 aliphatic heterocycles. The number of carboxylic acids is 1. The maximum Gasteiger partial charge on any atom is 0.341 e. The van der Waals surface area contributed by atoms with Crippen molar-refractivity contribution in [3.63, 3.8) is 0 Å². The van der Waals surface area contributed by atoms with Crippen molar-refractivity contribution in [2.45, 2.75) is 0 Å². The summed E-state index contributed by atoms with van der Waals surface area (Å²) in [5.41, 5.74) is 1.83. The molecule has 0 aliphatic rings. The molecule has 0 radical (unpaired) electrons. The molecule has 0 bridgehead atoms. The molecule has 0 heterocycles. The van der Waals surface area contributed by atoms with Crippen molar-refractivity contribution < 1.29 is 29.2 Å². The van der Waals surface area contributed by atoms with Gasteiger partial charge < -0.3 is 14.6 Å². The molecule has 12 nitrogen and oxygen atoms in total. The van der Waals surface area contributed by atoms with Gasteiger partial charge in [-0.3, -0.25) is 25.7 Å². The van der Waals surface area contributed by atoms with Gasteiger partial charge in [-0.15, -0.1) is 0 Å². The minimum absolute atomic E-state index is 0.0349. The van der Waals surface area contributed by atoms with Gasteiger partial charge >= 0.3 is 11.7 Å². The number of nitro benzene ring substituents is 2. The molecule has 0 amide bonds. The number of ether oxygens (including phenoxy) is 2. The quantitative estimate of drug-likeness (QED) is 0.349. The lowest BCUT2D eigenvalue weighted by atomic mass is 10.2. The van der Waals surface area contributed by atoms with Crippen LogP contribution in [0.5, 0.6) is 11.5 Å². The van der Waals surface area contributed by atoms with Crippen molar-refractivity contribution in [3.8, 4) is 11.5 Å². The van der Waals surface area contributed by atoms with Gasteiger partial charge in [-0.25, -0.2) is 4.79 Å². The Morgan fingerprint density at radius 1 is 1.28 bits per heavy atom. The summed E-state index contributed by atoms with van der Waals surface area (Å²) in [4.78, 5) is 31.0. The second kappa shape index (κ2) is 9.32. The number of hydrazone groups is 1. The van der Waals surface area contributed by atoms with E-state index in [1.54, 1.807) is 0 Å². The van der Waals surface area contributed by atoms with E-state index in [2.05, 4.69) is 10.5 Å². The molecule has 0 saturated heterocycles. The van der Waals surface area contributed by atoms with Crippen LogP contribution in [0.15, 0.2) is 35.4 Å². The Bertz CT molecular complexity index is 995. The number of halogens is 1. The van der Waals surface area contributed by atoms with Crippen molar-refractivity contribution in [2.24, 2.45) is 5.10 Å². The molecule has 29 heavy (non-hydrogen) atoms. The zero-order chi connectivity index (χ0) is 21.6. The minimum atomic E-state index is -1.19. The minimum Gasteiger partial charge on any atom is -0.493 e. The lowest BCUT2D eigenvalue weighted by Crippen LogP contribution is -2.10. The molecule has 2 aromatic carbocycles. The van der Waals surface area contributed by atoms with E-state index < -0.39 is 33.8 Å². The Hall–Kier alpha value is -3.93. The van der Waals surface area contributed by atoms with E-state index in [0.29, 0.717) is 5.56 Å². The molecule has 0 atom stereocenters. The number of nitro groups is 2. The zero-order valence-corrected chi connectivity index (χ0v) is 15.5. The first-order valence-corrected chi connectivity index (χ1v) is 8.04. The van der Waals surface area contributed by atoms with Crippen molar-refractivity contribution in [1.82, 2.24) is 0 Å². The van der Waals surface area contributed by atoms with Gasteiger partial charge in [0.15, 0.2) is 18.1 Å². The monoisotopic (exact) mass is 424 g/mol. The first-order chi connectivity index (χ1) is 13.7. The fourth-order valence-corrected chi connectivity index (χ4v) is 2.42. The Morgan fingerprint density at radius 2 is 2.00 bits per heavy atom. The third-order valence-corrected chi connectivity index (χ3v) is 3.66. The van der Waals surface area contributed by atoms with E-state index in [1.165, 1.54) is 25.5 Å². The number of anilines is 1. The molecule has 0 aliphatic carbocycles. The average molecular weight is 425 g/mol. The average Bonchev–Trinajstić information content (AvgIpc) is 2.66. The third-order valence-electron chi connectivity index (χ3n) is 3.38. The van der Waals surface area contributed by atoms with Crippen LogP contribution in [0.2, 0.25) is 5.02 Å². The van der Waals surface area contributed by atoms with Gasteiger partial charge in [0.1, 0.15) is 5.69 Å². The number of benzene rings is 2. The van der Waals surface area contributed by atoms with E-state index in [-0.39, 0.29) is 22.2 Å². The molecule has 152 valence electrons. The SMILES string of the molecule is COc1cc(/C=N\Nc2ccc([N+](=O)[O-])cc2[N+](=O)[O-])cc(Cl)c1OCC(=O)O. The van der Waals surface area contributed by atoms with Crippen molar-refractivity contribution in [3.05, 3.63) is 61.1 Å². The molecule has 0 aromatic heterocycles. The number of carbonyl (C=O) groups is 1. The highest BCUT2D eigenvalue weighted by atomic mass is 35.5. The van der Waals surface area contributed by atoms with Gasteiger partial charge in [-0.05, 0) is 23.8 Å². The standard InChI is InChI=1S/C16H13ClN4O8/c1-28-14-5-9(4-11(17)16(14)29-8-15(22)23)7-18-19-12-3-2-10(20(24)25)6-13(12)21(26)27/h2-7,19H,8H2,1H3,(H,22,23)/b18-7-. The molecule has 0 spiro atoms. The number of non-ortho nitro benzene ring substituents is 1. The zero-order valence-electron chi connectivity index (χ0n) is 14.7. The van der Waals surface area contributed by atoms with Crippen molar-refractivity contribution >= 4 is 40.8 Å². The number of carboxylic acid groups (broad SMARTS) is 1. The van der Waals surface area contributed by atoms with E-state index in [1.807, 2.05) is 0 Å². The summed E-state index contributed by atoms with van der Waals surface area (Å²) in [6.45, 7) is -0.616. The second-order valence-corrected chi connectivity index (χ2v) is 5.71. The van der Waals surface area contributed by atoms with Crippen LogP contribution >= 0.6 is 11.6 Å². The highest BCUT2D eigenvalue weighted by Gasteiger charge is 2.19. The van der Waals surface area contributed by atoms with Gasteiger partial charge in [-0.1, -0.05) is 11.6 Å². The van der Waals surface area contributed by atoms with Crippen LogP contribution in [0.4, 0.5) is 17.1 Å². The van der Waals surface area contributed by atoms with E-state index in [4.69, 9.17) is 26.2 Å². The fourth-order valence-electron chi connectivity index (χ4n) is 2.14. The Morgan fingerprint density at radius 3 is 2.59 bits per heavy atom. The summed E-state index contributed by atoms with van der Waals surface area (Å²) in [7, 11) is 1.33. The van der Waals surface area contributed by atoms with E-state index >= 15 is 0 Å². The van der Waals surface area contributed by atoms with Gasteiger partial charge in [0.05, 0.1) is 34.3 Å². The number of methoxy groups -OCH3 is 1. The fraction of sp³-hybridized carbons (Fsp3) is 0.125. The second-order valence-electron chi connectivity index (χ2n) is 5.30. The smallest absolute Gasteiger partial charge is 0.341 e. The molecule has 0 fully saturated rings. The van der Waals surface area contributed by atoms with Crippen LogP contribution < -0.4 is 14.9 Å². The van der Waals surface area contributed by atoms with E-state index in [0.717, 1.165) is 18.2 Å². The summed E-state index contributed by atoms with van der Waals surface area (Å²) < 4.78 is 10.2. The summed E-state index contributed by atoms with van der Waals surface area (Å²) in [5, 5.41) is 34.5. The molecule has 2 N–H and O–H groups in total. The summed E-state index contributed by atoms with van der Waals surface area (Å²) in [6.07, 6.45) is 1.26. The predicted molar refractivity (Wildman–Crippen MR) is 102 cm³/mol. The number of nitrogens with zero attached hydrogens (tertiary/aromatic N) is 3. The first kappa shape index (κ1) is 21.4. The van der Waals surface area contributed by atoms with Crippen LogP contribution in [0.25, 0.3) is 0 Å². The lowest BCUT2D eigenvalue weighted by Gasteiger charge is -2.11. The van der Waals surface area contributed by atoms with E-state index in [9.17, 15) is 25.0 Å². The van der Waals surface area contributed by atoms with Gasteiger partial charge in [0.25, 0.3) is 5.69 Å². The van der Waals surface area contributed by atoms with Gasteiger partial charge in [0, 0.05) is 6.07 Å². The van der Waals surface area contributed by atoms with Crippen molar-refractivity contribution in [1.29, 1.82) is 0 Å². The van der Waals surface area contributed by atoms with Gasteiger partial charge in [0.2, 0.25) is 0 Å². The summed E-state index contributed by atoms with van der Waals surface area (Å²) in [6, 6.07) is 5.94. The Kier molecular flexibility index (Phi) is 6.87. The Balaban J connectivity index is 2.24. The predicted octanol–water partition coefficient (Wildman–Crippen LogP) is 3.07. The third kappa shape index (κ3) is 5.52. The number of hydrogen-bond donors (Lipinski definition) is 2. The highest BCUT2D eigenvalue weighted by Crippen LogP contribution is 2.36. The molecule has 0 saturated carbocycles. The number of rotatable bonds is 9. The van der Waals surface area contributed by atoms with Crippen LogP contribution in [0.1, 0.15) is 5.56 Å². The normalized spacial score (nSPS) is 10.6. The maximum absolute atomic E-state index is 11.1. The lowest BCUT2D eigenvalue weighted by molar-refractivity contribution is -0.393. The van der Waals surface area contributed by atoms with Gasteiger partial charge in [-0.2, -0.15) is 5.10 Å². The van der Waals surface area contributed by atoms with Crippen molar-refractivity contribution in [2.75, 3.05) is 19.1 Å². The summed E-state index contributed by atoms with van der Waals surface area (Å²) >= 11 is 6.07. The number of hydrogen-bond acceptors (Lipinski definition) is 9. The van der Waals surface area contributed by atoms with Crippen LogP contribution in [0, 0.1) is 20.2 Å².